The molecule has 0 amide bonds. The predicted molar refractivity (Wildman–Crippen MR) is 43.4 cm³/mol. The first-order valence-corrected chi connectivity index (χ1v) is 4.53. The minimum atomic E-state index is -0.302. The van der Waals surface area contributed by atoms with Crippen LogP contribution in [0.4, 0.5) is 0 Å². The smallest absolute Gasteiger partial charge is 0.0950 e. The van der Waals surface area contributed by atoms with Gasteiger partial charge in [-0.05, 0) is 0 Å². The van der Waals surface area contributed by atoms with E-state index in [9.17, 15) is 5.11 Å². The van der Waals surface area contributed by atoms with Crippen molar-refractivity contribution < 1.29 is 5.11 Å². The molecule has 1 saturated heterocycles. The molecule has 2 N–H and O–H groups in total. The fourth-order valence-electron chi connectivity index (χ4n) is 1.14. The molecule has 0 aromatic carbocycles. The van der Waals surface area contributed by atoms with E-state index in [2.05, 4.69) is 10.3 Å². The van der Waals surface area contributed by atoms with Gasteiger partial charge >= 0.3 is 0 Å². The van der Waals surface area contributed by atoms with Crippen LogP contribution in [0, 0.1) is 5.92 Å². The molecule has 1 aromatic heterocycles. The molecule has 0 aliphatic carbocycles. The minimum Gasteiger partial charge on any atom is -0.387 e. The third-order valence-corrected chi connectivity index (χ3v) is 2.85. The molecule has 4 heteroatoms. The number of rotatable bonds is 2. The van der Waals surface area contributed by atoms with Gasteiger partial charge in [-0.25, -0.2) is 0 Å². The standard InChI is InChI=1S/C7H10N2OS/c10-7(5-1-8-2-5)6-3-9-4-11-6/h3-5,7-8,10H,1-2H2. The summed E-state index contributed by atoms with van der Waals surface area (Å²) in [6.07, 6.45) is 1.44. The van der Waals surface area contributed by atoms with Crippen LogP contribution in [0.3, 0.4) is 0 Å². The summed E-state index contributed by atoms with van der Waals surface area (Å²) < 4.78 is 0. The average Bonchev–Trinajstić information content (AvgIpc) is 2.32. The number of aromatic nitrogens is 1. The SMILES string of the molecule is OC(c1cncs1)C1CNC1. The summed E-state index contributed by atoms with van der Waals surface area (Å²) in [4.78, 5) is 4.91. The first kappa shape index (κ1) is 7.21. The van der Waals surface area contributed by atoms with Crippen LogP contribution < -0.4 is 5.32 Å². The molecule has 1 atom stereocenters. The fraction of sp³-hybridized carbons (Fsp3) is 0.571. The molecule has 1 aliphatic heterocycles. The van der Waals surface area contributed by atoms with Crippen molar-refractivity contribution in [1.82, 2.24) is 10.3 Å². The van der Waals surface area contributed by atoms with E-state index in [1.54, 1.807) is 11.7 Å². The molecule has 1 fully saturated rings. The Balaban J connectivity index is 2.04. The Morgan fingerprint density at radius 3 is 3.00 bits per heavy atom. The van der Waals surface area contributed by atoms with Crippen molar-refractivity contribution in [3.8, 4) is 0 Å². The number of aliphatic hydroxyl groups is 1. The van der Waals surface area contributed by atoms with Gasteiger partial charge in [-0.2, -0.15) is 0 Å². The summed E-state index contributed by atoms with van der Waals surface area (Å²) in [7, 11) is 0. The Morgan fingerprint density at radius 1 is 1.73 bits per heavy atom. The summed E-state index contributed by atoms with van der Waals surface area (Å²) >= 11 is 1.52. The van der Waals surface area contributed by atoms with E-state index in [-0.39, 0.29) is 6.10 Å². The largest absolute Gasteiger partial charge is 0.387 e. The normalized spacial score (nSPS) is 21.2. The lowest BCUT2D eigenvalue weighted by molar-refractivity contribution is 0.0795. The second kappa shape index (κ2) is 2.89. The van der Waals surface area contributed by atoms with Crippen molar-refractivity contribution in [2.24, 2.45) is 5.92 Å². The molecule has 1 unspecified atom stereocenters. The highest BCUT2D eigenvalue weighted by Gasteiger charge is 2.27. The van der Waals surface area contributed by atoms with Crippen LogP contribution >= 0.6 is 11.3 Å². The number of hydrogen-bond donors (Lipinski definition) is 2. The molecule has 0 bridgehead atoms. The quantitative estimate of drug-likeness (QED) is 0.675. The highest BCUT2D eigenvalue weighted by molar-refractivity contribution is 7.09. The lowest BCUT2D eigenvalue weighted by Crippen LogP contribution is -2.45. The molecule has 0 saturated carbocycles. The molecule has 0 spiro atoms. The Bertz CT molecular complexity index is 220. The third kappa shape index (κ3) is 1.29. The zero-order valence-electron chi connectivity index (χ0n) is 6.03. The Morgan fingerprint density at radius 2 is 2.55 bits per heavy atom. The average molecular weight is 170 g/mol. The molecule has 11 heavy (non-hydrogen) atoms. The molecular weight excluding hydrogens is 160 g/mol. The summed E-state index contributed by atoms with van der Waals surface area (Å²) in [6.45, 7) is 1.86. The molecular formula is C7H10N2OS. The summed E-state index contributed by atoms with van der Waals surface area (Å²) in [6, 6.07) is 0. The second-order valence-electron chi connectivity index (χ2n) is 2.77. The number of nitrogens with zero attached hydrogens (tertiary/aromatic N) is 1. The number of hydrogen-bond acceptors (Lipinski definition) is 4. The molecule has 1 aliphatic rings. The van der Waals surface area contributed by atoms with Gasteiger partial charge in [-0.1, -0.05) is 0 Å². The van der Waals surface area contributed by atoms with Crippen LogP contribution in [0.25, 0.3) is 0 Å². The van der Waals surface area contributed by atoms with E-state index in [1.807, 2.05) is 0 Å². The van der Waals surface area contributed by atoms with Crippen molar-refractivity contribution in [3.05, 3.63) is 16.6 Å². The van der Waals surface area contributed by atoms with Crippen molar-refractivity contribution >= 4 is 11.3 Å². The van der Waals surface area contributed by atoms with Gasteiger partial charge in [0, 0.05) is 25.2 Å². The lowest BCUT2D eigenvalue weighted by atomic mass is 9.96. The van der Waals surface area contributed by atoms with Crippen molar-refractivity contribution in [3.63, 3.8) is 0 Å². The molecule has 2 heterocycles. The second-order valence-corrected chi connectivity index (χ2v) is 3.68. The van der Waals surface area contributed by atoms with E-state index < -0.39 is 0 Å². The van der Waals surface area contributed by atoms with Gasteiger partial charge in [0.05, 0.1) is 16.5 Å². The minimum absolute atomic E-state index is 0.302. The number of nitrogens with one attached hydrogen (secondary N) is 1. The van der Waals surface area contributed by atoms with E-state index in [4.69, 9.17) is 0 Å². The summed E-state index contributed by atoms with van der Waals surface area (Å²) in [5, 5.41) is 12.8. The molecule has 1 aromatic rings. The van der Waals surface area contributed by atoms with E-state index >= 15 is 0 Å². The van der Waals surface area contributed by atoms with Gasteiger partial charge in [-0.3, -0.25) is 4.98 Å². The van der Waals surface area contributed by atoms with Crippen LogP contribution in [-0.4, -0.2) is 23.2 Å². The Kier molecular flexibility index (Phi) is 1.89. The monoisotopic (exact) mass is 170 g/mol. The van der Waals surface area contributed by atoms with E-state index in [0.717, 1.165) is 18.0 Å². The molecule has 2 rings (SSSR count). The summed E-state index contributed by atoms with van der Waals surface area (Å²) in [5.41, 5.74) is 1.75. The molecule has 0 radical (unpaired) electrons. The topological polar surface area (TPSA) is 45.2 Å². The Hall–Kier alpha value is -0.450. The molecule has 3 nitrogen and oxygen atoms in total. The van der Waals surface area contributed by atoms with Crippen LogP contribution in [-0.2, 0) is 0 Å². The lowest BCUT2D eigenvalue weighted by Gasteiger charge is -2.30. The zero-order valence-corrected chi connectivity index (χ0v) is 6.84. The summed E-state index contributed by atoms with van der Waals surface area (Å²) in [5.74, 6) is 0.399. The van der Waals surface area contributed by atoms with Crippen LogP contribution in [0.15, 0.2) is 11.7 Å². The van der Waals surface area contributed by atoms with Crippen LogP contribution in [0.1, 0.15) is 11.0 Å². The maximum atomic E-state index is 9.66. The highest BCUT2D eigenvalue weighted by atomic mass is 32.1. The first-order valence-electron chi connectivity index (χ1n) is 3.65. The maximum absolute atomic E-state index is 9.66. The van der Waals surface area contributed by atoms with Crippen molar-refractivity contribution in [2.75, 3.05) is 13.1 Å². The number of aliphatic hydroxyl groups excluding tert-OH is 1. The van der Waals surface area contributed by atoms with Gasteiger partial charge in [-0.15, -0.1) is 11.3 Å². The maximum Gasteiger partial charge on any atom is 0.0950 e. The highest BCUT2D eigenvalue weighted by Crippen LogP contribution is 2.26. The predicted octanol–water partition coefficient (Wildman–Crippen LogP) is 0.396. The van der Waals surface area contributed by atoms with Crippen LogP contribution in [0.2, 0.25) is 0 Å². The fourth-order valence-corrected chi connectivity index (χ4v) is 1.84. The van der Waals surface area contributed by atoms with Gasteiger partial charge in [0.25, 0.3) is 0 Å². The molecule has 60 valence electrons. The van der Waals surface area contributed by atoms with E-state index in [1.165, 1.54) is 11.3 Å². The van der Waals surface area contributed by atoms with Gasteiger partial charge in [0.1, 0.15) is 0 Å². The first-order chi connectivity index (χ1) is 5.38. The third-order valence-electron chi connectivity index (χ3n) is 2.00. The van der Waals surface area contributed by atoms with Crippen LogP contribution in [0.5, 0.6) is 0 Å². The van der Waals surface area contributed by atoms with Crippen molar-refractivity contribution in [2.45, 2.75) is 6.10 Å². The van der Waals surface area contributed by atoms with E-state index in [0.29, 0.717) is 5.92 Å². The van der Waals surface area contributed by atoms with Crippen molar-refractivity contribution in [1.29, 1.82) is 0 Å². The van der Waals surface area contributed by atoms with Gasteiger partial charge < -0.3 is 10.4 Å². The number of thiazole rings is 1. The Labute approximate surface area is 69.1 Å². The van der Waals surface area contributed by atoms with Gasteiger partial charge in [0.15, 0.2) is 0 Å². The van der Waals surface area contributed by atoms with Gasteiger partial charge in [0.2, 0.25) is 0 Å². The zero-order chi connectivity index (χ0) is 7.68.